The highest BCUT2D eigenvalue weighted by molar-refractivity contribution is 5.22. The smallest absolute Gasteiger partial charge is 0.0177 e. The van der Waals surface area contributed by atoms with E-state index in [0.29, 0.717) is 6.54 Å². The number of hydrogen-bond donors (Lipinski definition) is 2. The van der Waals surface area contributed by atoms with Crippen LogP contribution in [0.4, 0.5) is 0 Å². The third kappa shape index (κ3) is 3.55. The Kier molecular flexibility index (Phi) is 4.54. The van der Waals surface area contributed by atoms with Crippen LogP contribution in [0, 0.1) is 0 Å². The zero-order valence-corrected chi connectivity index (χ0v) is 5.38. The van der Waals surface area contributed by atoms with Crippen molar-refractivity contribution in [2.45, 2.75) is 0 Å². The van der Waals surface area contributed by atoms with E-state index in [1.165, 1.54) is 6.20 Å². The fraction of sp³-hybridized carbons (Fsp3) is 0.143. The van der Waals surface area contributed by atoms with Crippen molar-refractivity contribution in [3.05, 3.63) is 36.6 Å². The van der Waals surface area contributed by atoms with Gasteiger partial charge in [-0.05, 0) is 17.8 Å². The largest absolute Gasteiger partial charge is 0.405 e. The Morgan fingerprint density at radius 2 is 2.22 bits per heavy atom. The van der Waals surface area contributed by atoms with Gasteiger partial charge in [0.15, 0.2) is 0 Å². The Balaban J connectivity index is 3.90. The Morgan fingerprint density at radius 3 is 2.56 bits per heavy atom. The molecule has 0 aliphatic rings. The highest BCUT2D eigenvalue weighted by atomic mass is 14.5. The van der Waals surface area contributed by atoms with Gasteiger partial charge in [0.2, 0.25) is 0 Å². The highest BCUT2D eigenvalue weighted by Gasteiger charge is 1.79. The minimum Gasteiger partial charge on any atom is -0.405 e. The van der Waals surface area contributed by atoms with Gasteiger partial charge in [-0.1, -0.05) is 18.7 Å². The van der Waals surface area contributed by atoms with Gasteiger partial charge in [-0.15, -0.1) is 0 Å². The number of allylic oxidation sites excluding steroid dienone is 2. The van der Waals surface area contributed by atoms with Crippen molar-refractivity contribution >= 4 is 0 Å². The SMILES string of the molecule is C=C/C(=C\C=C/N)CN. The molecule has 0 aliphatic heterocycles. The predicted octanol–water partition coefficient (Wildman–Crippen LogP) is 0.530. The van der Waals surface area contributed by atoms with Crippen molar-refractivity contribution in [2.24, 2.45) is 11.5 Å². The van der Waals surface area contributed by atoms with Crippen LogP contribution in [0.1, 0.15) is 0 Å². The lowest BCUT2D eigenvalue weighted by atomic mass is 10.2. The van der Waals surface area contributed by atoms with E-state index in [9.17, 15) is 0 Å². The first kappa shape index (κ1) is 7.98. The maximum atomic E-state index is 5.31. The molecule has 0 amide bonds. The number of nitrogens with two attached hydrogens (primary N) is 2. The van der Waals surface area contributed by atoms with E-state index in [4.69, 9.17) is 11.5 Å². The topological polar surface area (TPSA) is 52.0 Å². The monoisotopic (exact) mass is 124 g/mol. The molecule has 0 rings (SSSR count). The first-order chi connectivity index (χ1) is 4.35. The first-order valence-electron chi connectivity index (χ1n) is 2.75. The summed E-state index contributed by atoms with van der Waals surface area (Å²) in [6.07, 6.45) is 6.72. The van der Waals surface area contributed by atoms with E-state index in [2.05, 4.69) is 6.58 Å². The molecule has 0 aromatic carbocycles. The molecule has 0 fully saturated rings. The number of hydrogen-bond acceptors (Lipinski definition) is 2. The number of rotatable bonds is 3. The van der Waals surface area contributed by atoms with Gasteiger partial charge in [0.1, 0.15) is 0 Å². The molecule has 0 aromatic rings. The molecular formula is C7H12N2. The quantitative estimate of drug-likeness (QED) is 0.539. The molecule has 0 radical (unpaired) electrons. The Morgan fingerprint density at radius 1 is 1.56 bits per heavy atom. The van der Waals surface area contributed by atoms with E-state index in [-0.39, 0.29) is 0 Å². The van der Waals surface area contributed by atoms with Gasteiger partial charge in [0.05, 0.1) is 0 Å². The molecule has 0 saturated heterocycles. The molecule has 4 N–H and O–H groups in total. The maximum Gasteiger partial charge on any atom is 0.0177 e. The van der Waals surface area contributed by atoms with Crippen LogP contribution in [-0.4, -0.2) is 6.54 Å². The van der Waals surface area contributed by atoms with Crippen molar-refractivity contribution in [3.63, 3.8) is 0 Å². The minimum atomic E-state index is 0.508. The van der Waals surface area contributed by atoms with Crippen LogP contribution in [-0.2, 0) is 0 Å². The van der Waals surface area contributed by atoms with Gasteiger partial charge >= 0.3 is 0 Å². The first-order valence-corrected chi connectivity index (χ1v) is 2.75. The summed E-state index contributed by atoms with van der Waals surface area (Å²) in [5.74, 6) is 0. The van der Waals surface area contributed by atoms with Crippen LogP contribution < -0.4 is 11.5 Å². The van der Waals surface area contributed by atoms with Crippen LogP contribution >= 0.6 is 0 Å². The zero-order chi connectivity index (χ0) is 7.11. The van der Waals surface area contributed by atoms with Crippen molar-refractivity contribution in [2.75, 3.05) is 6.54 Å². The summed E-state index contributed by atoms with van der Waals surface area (Å²) in [7, 11) is 0. The molecule has 0 saturated carbocycles. The van der Waals surface area contributed by atoms with Gasteiger partial charge in [0, 0.05) is 6.54 Å². The summed E-state index contributed by atoms with van der Waals surface area (Å²) in [5, 5.41) is 0. The molecule has 0 aromatic heterocycles. The van der Waals surface area contributed by atoms with Crippen LogP contribution in [0.3, 0.4) is 0 Å². The average molecular weight is 124 g/mol. The fourth-order valence-corrected chi connectivity index (χ4v) is 0.399. The van der Waals surface area contributed by atoms with E-state index in [1.807, 2.05) is 6.08 Å². The molecule has 0 heterocycles. The van der Waals surface area contributed by atoms with Crippen LogP contribution in [0.15, 0.2) is 36.6 Å². The van der Waals surface area contributed by atoms with E-state index < -0.39 is 0 Å². The third-order valence-corrected chi connectivity index (χ3v) is 0.919. The van der Waals surface area contributed by atoms with Crippen LogP contribution in [0.2, 0.25) is 0 Å². The zero-order valence-electron chi connectivity index (χ0n) is 5.38. The average Bonchev–Trinajstić information content (AvgIpc) is 1.91. The Bertz CT molecular complexity index is 134. The van der Waals surface area contributed by atoms with E-state index >= 15 is 0 Å². The molecule has 2 heteroatoms. The highest BCUT2D eigenvalue weighted by Crippen LogP contribution is 1.90. The van der Waals surface area contributed by atoms with Crippen molar-refractivity contribution < 1.29 is 0 Å². The van der Waals surface area contributed by atoms with Crippen LogP contribution in [0.5, 0.6) is 0 Å². The molecule has 0 unspecified atom stereocenters. The molecule has 2 nitrogen and oxygen atoms in total. The lowest BCUT2D eigenvalue weighted by Crippen LogP contribution is -1.99. The molecule has 50 valence electrons. The molecule has 0 atom stereocenters. The second kappa shape index (κ2) is 5.12. The standard InChI is InChI=1S/C7H12N2/c1-2-7(6-9)4-3-5-8/h2-5H,1,6,8-9H2/b5-3-,7-4+. The van der Waals surface area contributed by atoms with Gasteiger partial charge in [-0.3, -0.25) is 0 Å². The maximum absolute atomic E-state index is 5.31. The van der Waals surface area contributed by atoms with Gasteiger partial charge in [-0.2, -0.15) is 0 Å². The minimum absolute atomic E-state index is 0.508. The second-order valence-corrected chi connectivity index (χ2v) is 1.53. The van der Waals surface area contributed by atoms with Crippen molar-refractivity contribution in [1.82, 2.24) is 0 Å². The van der Waals surface area contributed by atoms with Crippen LogP contribution in [0.25, 0.3) is 0 Å². The van der Waals surface area contributed by atoms with E-state index in [0.717, 1.165) is 5.57 Å². The summed E-state index contributed by atoms with van der Waals surface area (Å²) in [6.45, 7) is 4.07. The van der Waals surface area contributed by atoms with Gasteiger partial charge in [-0.25, -0.2) is 0 Å². The molecule has 0 bridgehead atoms. The normalized spacial score (nSPS) is 12.3. The van der Waals surface area contributed by atoms with Gasteiger partial charge < -0.3 is 11.5 Å². The third-order valence-electron chi connectivity index (χ3n) is 0.919. The summed E-state index contributed by atoms with van der Waals surface area (Å²) in [6, 6.07) is 0. The fourth-order valence-electron chi connectivity index (χ4n) is 0.399. The molecule has 0 spiro atoms. The lowest BCUT2D eigenvalue weighted by Gasteiger charge is -1.90. The summed E-state index contributed by atoms with van der Waals surface area (Å²) >= 11 is 0. The summed E-state index contributed by atoms with van der Waals surface area (Å²) < 4.78 is 0. The second-order valence-electron chi connectivity index (χ2n) is 1.53. The van der Waals surface area contributed by atoms with Gasteiger partial charge in [0.25, 0.3) is 0 Å². The molecule has 0 aliphatic carbocycles. The summed E-state index contributed by atoms with van der Waals surface area (Å²) in [4.78, 5) is 0. The van der Waals surface area contributed by atoms with Crippen molar-refractivity contribution in [3.8, 4) is 0 Å². The molecule has 9 heavy (non-hydrogen) atoms. The Labute approximate surface area is 55.5 Å². The summed E-state index contributed by atoms with van der Waals surface area (Å²) in [5.41, 5.74) is 11.4. The van der Waals surface area contributed by atoms with E-state index in [1.54, 1.807) is 12.2 Å². The Hall–Kier alpha value is -1.02. The predicted molar refractivity (Wildman–Crippen MR) is 40.7 cm³/mol. The lowest BCUT2D eigenvalue weighted by molar-refractivity contribution is 1.19. The molecular weight excluding hydrogens is 112 g/mol. The van der Waals surface area contributed by atoms with Crippen molar-refractivity contribution in [1.29, 1.82) is 0 Å².